The highest BCUT2D eigenvalue weighted by Crippen LogP contribution is 2.16. The predicted molar refractivity (Wildman–Crippen MR) is 31.7 cm³/mol. The minimum Gasteiger partial charge on any atom is -0.393 e. The van der Waals surface area contributed by atoms with Crippen LogP contribution in [-0.4, -0.2) is 29.2 Å². The van der Waals surface area contributed by atoms with E-state index in [1.165, 1.54) is 0 Å². The van der Waals surface area contributed by atoms with Crippen molar-refractivity contribution in [1.82, 2.24) is 0 Å². The third-order valence-corrected chi connectivity index (χ3v) is 1.65. The van der Waals surface area contributed by atoms with Crippen LogP contribution in [0.15, 0.2) is 0 Å². The minimum atomic E-state index is -0.754. The Hall–Kier alpha value is -0.120. The van der Waals surface area contributed by atoms with E-state index >= 15 is 0 Å². The summed E-state index contributed by atoms with van der Waals surface area (Å²) in [5.41, 5.74) is 0. The Labute approximate surface area is 54.3 Å². The number of ether oxygens (including phenoxy) is 1. The van der Waals surface area contributed by atoms with E-state index in [1.807, 2.05) is 6.92 Å². The molecule has 0 saturated carbocycles. The number of aliphatic hydroxyl groups excluding tert-OH is 2. The molecular weight excluding hydrogens is 120 g/mol. The van der Waals surface area contributed by atoms with Gasteiger partial charge in [-0.25, -0.2) is 0 Å². The zero-order valence-electron chi connectivity index (χ0n) is 5.45. The summed E-state index contributed by atoms with van der Waals surface area (Å²) >= 11 is 0. The van der Waals surface area contributed by atoms with Gasteiger partial charge in [-0.05, 0) is 0 Å². The third-order valence-electron chi connectivity index (χ3n) is 1.65. The lowest BCUT2D eigenvalue weighted by molar-refractivity contribution is -0.172. The molecule has 1 saturated heterocycles. The molecule has 1 fully saturated rings. The van der Waals surface area contributed by atoms with Crippen LogP contribution in [0.4, 0.5) is 0 Å². The molecule has 1 heterocycles. The lowest BCUT2D eigenvalue weighted by atomic mass is 10.0. The van der Waals surface area contributed by atoms with Crippen LogP contribution in [0.2, 0.25) is 0 Å². The van der Waals surface area contributed by atoms with Gasteiger partial charge in [0.15, 0.2) is 6.29 Å². The molecule has 3 heteroatoms. The second-order valence-corrected chi connectivity index (χ2v) is 2.57. The van der Waals surface area contributed by atoms with Crippen LogP contribution in [0.25, 0.3) is 0 Å². The highest BCUT2D eigenvalue weighted by atomic mass is 16.6. The largest absolute Gasteiger partial charge is 0.393 e. The van der Waals surface area contributed by atoms with Gasteiger partial charge in [0, 0.05) is 12.3 Å². The minimum absolute atomic E-state index is 0.161. The van der Waals surface area contributed by atoms with Gasteiger partial charge < -0.3 is 14.9 Å². The number of rotatable bonds is 0. The fourth-order valence-electron chi connectivity index (χ4n) is 0.881. The van der Waals surface area contributed by atoms with Crippen molar-refractivity contribution >= 4 is 0 Å². The van der Waals surface area contributed by atoms with E-state index in [-0.39, 0.29) is 5.92 Å². The lowest BCUT2D eigenvalue weighted by Gasteiger charge is -2.27. The van der Waals surface area contributed by atoms with E-state index in [4.69, 9.17) is 14.9 Å². The molecule has 54 valence electrons. The van der Waals surface area contributed by atoms with Crippen molar-refractivity contribution in [3.8, 4) is 0 Å². The molecule has 3 atom stereocenters. The molecule has 1 aliphatic rings. The van der Waals surface area contributed by atoms with Gasteiger partial charge in [-0.2, -0.15) is 0 Å². The van der Waals surface area contributed by atoms with Crippen molar-refractivity contribution in [1.29, 1.82) is 0 Å². The number of aliphatic hydroxyl groups is 2. The van der Waals surface area contributed by atoms with Gasteiger partial charge in [0.05, 0.1) is 12.7 Å². The molecule has 0 radical (unpaired) electrons. The van der Waals surface area contributed by atoms with Crippen LogP contribution >= 0.6 is 0 Å². The molecule has 0 aromatic carbocycles. The maximum absolute atomic E-state index is 9.11. The molecule has 0 amide bonds. The van der Waals surface area contributed by atoms with E-state index in [0.717, 1.165) is 0 Å². The lowest BCUT2D eigenvalue weighted by Crippen LogP contribution is -2.35. The monoisotopic (exact) mass is 132 g/mol. The zero-order valence-corrected chi connectivity index (χ0v) is 5.45. The maximum Gasteiger partial charge on any atom is 0.157 e. The maximum atomic E-state index is 9.11. The van der Waals surface area contributed by atoms with Crippen molar-refractivity contribution in [2.24, 2.45) is 5.92 Å². The molecule has 0 bridgehead atoms. The highest BCUT2D eigenvalue weighted by molar-refractivity contribution is 4.69. The fraction of sp³-hybridized carbons (Fsp3) is 1.00. The Kier molecular flexibility index (Phi) is 2.05. The molecule has 1 rings (SSSR count). The first-order chi connectivity index (χ1) is 4.20. The van der Waals surface area contributed by atoms with E-state index in [2.05, 4.69) is 0 Å². The van der Waals surface area contributed by atoms with E-state index in [1.54, 1.807) is 0 Å². The van der Waals surface area contributed by atoms with Gasteiger partial charge in [0.25, 0.3) is 0 Å². The van der Waals surface area contributed by atoms with Crippen molar-refractivity contribution in [2.45, 2.75) is 25.7 Å². The molecule has 0 aromatic rings. The summed E-state index contributed by atoms with van der Waals surface area (Å²) in [7, 11) is 0. The first-order valence-corrected chi connectivity index (χ1v) is 3.18. The Bertz CT molecular complexity index is 94.3. The summed E-state index contributed by atoms with van der Waals surface area (Å²) in [4.78, 5) is 0. The standard InChI is InChI=1S/C6H12O3/c1-4-3-9-6(8)2-5(4)7/h4-8H,2-3H2,1H3/t4-,5?,6?/m0/s1. The van der Waals surface area contributed by atoms with Gasteiger partial charge in [-0.3, -0.25) is 0 Å². The zero-order chi connectivity index (χ0) is 6.85. The normalized spacial score (nSPS) is 45.0. The number of hydrogen-bond donors (Lipinski definition) is 2. The molecule has 0 spiro atoms. The second-order valence-electron chi connectivity index (χ2n) is 2.57. The molecule has 2 N–H and O–H groups in total. The van der Waals surface area contributed by atoms with Crippen LogP contribution in [-0.2, 0) is 4.74 Å². The molecule has 0 aromatic heterocycles. The van der Waals surface area contributed by atoms with Crippen LogP contribution in [0.1, 0.15) is 13.3 Å². The summed E-state index contributed by atoms with van der Waals surface area (Å²) in [6.07, 6.45) is -0.800. The van der Waals surface area contributed by atoms with Gasteiger partial charge in [0.2, 0.25) is 0 Å². The molecule has 9 heavy (non-hydrogen) atoms. The molecular formula is C6H12O3. The van der Waals surface area contributed by atoms with Crippen LogP contribution in [0.5, 0.6) is 0 Å². The Balaban J connectivity index is 2.35. The SMILES string of the molecule is C[C@H]1COC(O)CC1O. The van der Waals surface area contributed by atoms with Gasteiger partial charge >= 0.3 is 0 Å². The Morgan fingerprint density at radius 2 is 2.11 bits per heavy atom. The summed E-state index contributed by atoms with van der Waals surface area (Å²) in [5.74, 6) is 0.161. The second kappa shape index (κ2) is 2.64. The fourth-order valence-corrected chi connectivity index (χ4v) is 0.881. The van der Waals surface area contributed by atoms with Gasteiger partial charge in [-0.1, -0.05) is 6.92 Å². The van der Waals surface area contributed by atoms with Crippen molar-refractivity contribution in [2.75, 3.05) is 6.61 Å². The molecule has 1 aliphatic heterocycles. The molecule has 2 unspecified atom stereocenters. The smallest absolute Gasteiger partial charge is 0.157 e. The van der Waals surface area contributed by atoms with Crippen molar-refractivity contribution < 1.29 is 14.9 Å². The topological polar surface area (TPSA) is 49.7 Å². The first-order valence-electron chi connectivity index (χ1n) is 3.18. The van der Waals surface area contributed by atoms with Crippen LogP contribution in [0, 0.1) is 5.92 Å². The van der Waals surface area contributed by atoms with Crippen LogP contribution in [0.3, 0.4) is 0 Å². The summed E-state index contributed by atoms with van der Waals surface area (Å²) in [5, 5.41) is 17.9. The number of hydrogen-bond acceptors (Lipinski definition) is 3. The van der Waals surface area contributed by atoms with E-state index in [0.29, 0.717) is 13.0 Å². The highest BCUT2D eigenvalue weighted by Gasteiger charge is 2.24. The molecule has 0 aliphatic carbocycles. The van der Waals surface area contributed by atoms with Crippen LogP contribution < -0.4 is 0 Å². The molecule has 3 nitrogen and oxygen atoms in total. The Morgan fingerprint density at radius 1 is 1.44 bits per heavy atom. The summed E-state index contributed by atoms with van der Waals surface area (Å²) in [6, 6.07) is 0. The quantitative estimate of drug-likeness (QED) is 0.476. The average molecular weight is 132 g/mol. The predicted octanol–water partition coefficient (Wildman–Crippen LogP) is -0.278. The van der Waals surface area contributed by atoms with Gasteiger partial charge in [-0.15, -0.1) is 0 Å². The Morgan fingerprint density at radius 3 is 2.56 bits per heavy atom. The summed E-state index contributed by atoms with van der Waals surface area (Å²) < 4.78 is 4.86. The van der Waals surface area contributed by atoms with E-state index in [9.17, 15) is 0 Å². The van der Waals surface area contributed by atoms with Gasteiger partial charge in [0.1, 0.15) is 0 Å². The van der Waals surface area contributed by atoms with Crippen molar-refractivity contribution in [3.05, 3.63) is 0 Å². The average Bonchev–Trinajstić information content (AvgIpc) is 1.80. The first kappa shape index (κ1) is 6.99. The summed E-state index contributed by atoms with van der Waals surface area (Å²) in [6.45, 7) is 2.36. The third kappa shape index (κ3) is 1.64. The van der Waals surface area contributed by atoms with Crippen molar-refractivity contribution in [3.63, 3.8) is 0 Å². The van der Waals surface area contributed by atoms with E-state index < -0.39 is 12.4 Å².